The van der Waals surface area contributed by atoms with Crippen molar-refractivity contribution >= 4 is 29.0 Å². The van der Waals surface area contributed by atoms with E-state index in [9.17, 15) is 0 Å². The SMILES string of the molecule is Cc1ccnc(-n2nc(-c3ccc(Cl)cc3Cl)cc2N)c1. The summed E-state index contributed by atoms with van der Waals surface area (Å²) < 4.78 is 1.59. The quantitative estimate of drug-likeness (QED) is 0.772. The number of nitrogens with two attached hydrogens (primary N) is 1. The van der Waals surface area contributed by atoms with Crippen molar-refractivity contribution in [2.24, 2.45) is 0 Å². The molecule has 2 heterocycles. The van der Waals surface area contributed by atoms with E-state index in [1.54, 1.807) is 29.1 Å². The highest BCUT2D eigenvalue weighted by Crippen LogP contribution is 2.31. The van der Waals surface area contributed by atoms with Crippen LogP contribution in [0, 0.1) is 6.92 Å². The first-order valence-corrected chi connectivity index (χ1v) is 7.04. The highest BCUT2D eigenvalue weighted by atomic mass is 35.5. The van der Waals surface area contributed by atoms with Gasteiger partial charge in [-0.15, -0.1) is 0 Å². The molecule has 0 fully saturated rings. The van der Waals surface area contributed by atoms with E-state index < -0.39 is 0 Å². The Morgan fingerprint density at radius 2 is 1.90 bits per heavy atom. The molecule has 0 saturated carbocycles. The van der Waals surface area contributed by atoms with E-state index in [1.807, 2.05) is 25.1 Å². The number of pyridine rings is 1. The van der Waals surface area contributed by atoms with Gasteiger partial charge in [0.25, 0.3) is 0 Å². The van der Waals surface area contributed by atoms with Crippen LogP contribution in [-0.4, -0.2) is 14.8 Å². The number of nitrogen functional groups attached to an aromatic ring is 1. The molecule has 6 heteroatoms. The molecule has 2 N–H and O–H groups in total. The van der Waals surface area contributed by atoms with E-state index >= 15 is 0 Å². The topological polar surface area (TPSA) is 56.7 Å². The molecule has 0 amide bonds. The van der Waals surface area contributed by atoms with Gasteiger partial charge < -0.3 is 5.73 Å². The summed E-state index contributed by atoms with van der Waals surface area (Å²) in [6.45, 7) is 1.99. The maximum Gasteiger partial charge on any atom is 0.155 e. The molecule has 4 nitrogen and oxygen atoms in total. The minimum absolute atomic E-state index is 0.495. The van der Waals surface area contributed by atoms with Gasteiger partial charge >= 0.3 is 0 Å². The Hall–Kier alpha value is -2.04. The molecule has 2 aromatic heterocycles. The third-order valence-corrected chi connectivity index (χ3v) is 3.61. The summed E-state index contributed by atoms with van der Waals surface area (Å²) >= 11 is 12.1. The molecule has 0 aliphatic carbocycles. The number of rotatable bonds is 2. The average Bonchev–Trinajstić information content (AvgIpc) is 2.80. The van der Waals surface area contributed by atoms with Gasteiger partial charge in [0.2, 0.25) is 0 Å². The first kappa shape index (κ1) is 13.9. The van der Waals surface area contributed by atoms with Gasteiger partial charge in [0.1, 0.15) is 5.82 Å². The summed E-state index contributed by atoms with van der Waals surface area (Å²) in [7, 11) is 0. The number of hydrogen-bond acceptors (Lipinski definition) is 3. The van der Waals surface area contributed by atoms with Gasteiger partial charge in [-0.25, -0.2) is 4.98 Å². The molecule has 3 rings (SSSR count). The number of nitrogens with zero attached hydrogens (tertiary/aromatic N) is 3. The summed E-state index contributed by atoms with van der Waals surface area (Å²) in [6, 6.07) is 10.9. The summed E-state index contributed by atoms with van der Waals surface area (Å²) in [5.74, 6) is 1.16. The van der Waals surface area contributed by atoms with Crippen LogP contribution in [0.1, 0.15) is 5.56 Å². The van der Waals surface area contributed by atoms with Crippen molar-refractivity contribution in [3.8, 4) is 17.1 Å². The van der Waals surface area contributed by atoms with Crippen LogP contribution >= 0.6 is 23.2 Å². The summed E-state index contributed by atoms with van der Waals surface area (Å²) in [5, 5.41) is 5.60. The number of hydrogen-bond donors (Lipinski definition) is 1. The smallest absolute Gasteiger partial charge is 0.155 e. The Bertz CT molecular complexity index is 811. The maximum atomic E-state index is 6.21. The van der Waals surface area contributed by atoms with Crippen LogP contribution in [0.4, 0.5) is 5.82 Å². The van der Waals surface area contributed by atoms with E-state index in [1.165, 1.54) is 0 Å². The third kappa shape index (κ3) is 2.73. The summed E-state index contributed by atoms with van der Waals surface area (Å²) in [5.41, 5.74) is 8.57. The summed E-state index contributed by atoms with van der Waals surface area (Å²) in [4.78, 5) is 4.28. The zero-order chi connectivity index (χ0) is 15.0. The molecule has 1 aromatic carbocycles. The molecule has 0 atom stereocenters. The first-order chi connectivity index (χ1) is 10.0. The van der Waals surface area contributed by atoms with Crippen LogP contribution in [0.2, 0.25) is 10.0 Å². The Morgan fingerprint density at radius 1 is 1.10 bits per heavy atom. The van der Waals surface area contributed by atoms with Crippen LogP contribution in [-0.2, 0) is 0 Å². The number of aryl methyl sites for hydroxylation is 1. The van der Waals surface area contributed by atoms with Gasteiger partial charge in [0, 0.05) is 22.8 Å². The molecule has 0 saturated heterocycles. The fraction of sp³-hybridized carbons (Fsp3) is 0.0667. The highest BCUT2D eigenvalue weighted by molar-refractivity contribution is 6.36. The molecule has 0 unspecified atom stereocenters. The lowest BCUT2D eigenvalue weighted by atomic mass is 10.1. The average molecular weight is 319 g/mol. The van der Waals surface area contributed by atoms with E-state index in [4.69, 9.17) is 28.9 Å². The maximum absolute atomic E-state index is 6.21. The molecular weight excluding hydrogens is 307 g/mol. The number of halogens is 2. The van der Waals surface area contributed by atoms with Gasteiger partial charge in [0.05, 0.1) is 10.7 Å². The second-order valence-electron chi connectivity index (χ2n) is 4.68. The lowest BCUT2D eigenvalue weighted by Crippen LogP contribution is -2.03. The summed E-state index contributed by atoms with van der Waals surface area (Å²) in [6.07, 6.45) is 1.72. The highest BCUT2D eigenvalue weighted by Gasteiger charge is 2.12. The molecule has 0 aliphatic heterocycles. The van der Waals surface area contributed by atoms with E-state index in [-0.39, 0.29) is 0 Å². The Labute approximate surface area is 132 Å². The largest absolute Gasteiger partial charge is 0.384 e. The van der Waals surface area contributed by atoms with Crippen LogP contribution in [0.25, 0.3) is 17.1 Å². The van der Waals surface area contributed by atoms with Crippen molar-refractivity contribution in [3.63, 3.8) is 0 Å². The molecule has 3 aromatic rings. The third-order valence-electron chi connectivity index (χ3n) is 3.06. The first-order valence-electron chi connectivity index (χ1n) is 6.28. The molecule has 0 radical (unpaired) electrons. The van der Waals surface area contributed by atoms with Crippen molar-refractivity contribution in [2.75, 3.05) is 5.73 Å². The van der Waals surface area contributed by atoms with Crippen LogP contribution in [0.3, 0.4) is 0 Å². The lowest BCUT2D eigenvalue weighted by molar-refractivity contribution is 0.858. The molecule has 0 bridgehead atoms. The van der Waals surface area contributed by atoms with E-state index in [0.717, 1.165) is 11.1 Å². The molecule has 0 spiro atoms. The van der Waals surface area contributed by atoms with Gasteiger partial charge in [0.15, 0.2) is 5.82 Å². The van der Waals surface area contributed by atoms with Crippen molar-refractivity contribution in [3.05, 3.63) is 58.2 Å². The van der Waals surface area contributed by atoms with Gasteiger partial charge in [-0.1, -0.05) is 23.2 Å². The second kappa shape index (κ2) is 5.39. The monoisotopic (exact) mass is 318 g/mol. The predicted octanol–water partition coefficient (Wildman–Crippen LogP) is 4.13. The zero-order valence-corrected chi connectivity index (χ0v) is 12.7. The minimum atomic E-state index is 0.495. The van der Waals surface area contributed by atoms with E-state index in [2.05, 4.69) is 10.1 Å². The predicted molar refractivity (Wildman–Crippen MR) is 86.0 cm³/mol. The normalized spacial score (nSPS) is 10.8. The van der Waals surface area contributed by atoms with Crippen molar-refractivity contribution in [2.45, 2.75) is 6.92 Å². The molecule has 106 valence electrons. The minimum Gasteiger partial charge on any atom is -0.384 e. The molecule has 0 aliphatic rings. The van der Waals surface area contributed by atoms with Crippen LogP contribution in [0.15, 0.2) is 42.6 Å². The number of benzene rings is 1. The molecule has 21 heavy (non-hydrogen) atoms. The lowest BCUT2D eigenvalue weighted by Gasteiger charge is -2.03. The Morgan fingerprint density at radius 3 is 2.62 bits per heavy atom. The van der Waals surface area contributed by atoms with Gasteiger partial charge in [-0.3, -0.25) is 0 Å². The Balaban J connectivity index is 2.09. The van der Waals surface area contributed by atoms with Crippen molar-refractivity contribution < 1.29 is 0 Å². The van der Waals surface area contributed by atoms with Crippen LogP contribution in [0.5, 0.6) is 0 Å². The van der Waals surface area contributed by atoms with E-state index in [0.29, 0.717) is 27.4 Å². The molecular formula is C15H12Cl2N4. The number of aromatic nitrogens is 3. The standard InChI is InChI=1S/C15H12Cl2N4/c1-9-4-5-19-15(6-9)21-14(18)8-13(20-21)11-3-2-10(16)7-12(11)17/h2-8H,18H2,1H3. The van der Waals surface area contributed by atoms with Gasteiger partial charge in [-0.2, -0.15) is 9.78 Å². The number of anilines is 1. The van der Waals surface area contributed by atoms with Crippen molar-refractivity contribution in [1.82, 2.24) is 14.8 Å². The van der Waals surface area contributed by atoms with Gasteiger partial charge in [-0.05, 0) is 42.8 Å². The van der Waals surface area contributed by atoms with Crippen LogP contribution < -0.4 is 5.73 Å². The Kier molecular flexibility index (Phi) is 3.57. The fourth-order valence-electron chi connectivity index (χ4n) is 2.04. The fourth-order valence-corrected chi connectivity index (χ4v) is 2.55. The zero-order valence-electron chi connectivity index (χ0n) is 11.2. The second-order valence-corrected chi connectivity index (χ2v) is 5.53. The van der Waals surface area contributed by atoms with Crippen molar-refractivity contribution in [1.29, 1.82) is 0 Å².